The van der Waals surface area contributed by atoms with E-state index in [-0.39, 0.29) is 22.6 Å². The van der Waals surface area contributed by atoms with Crippen LogP contribution in [-0.2, 0) is 6.42 Å². The first-order valence-corrected chi connectivity index (χ1v) is 11.5. The largest absolute Gasteiger partial charge is 0.494 e. The Labute approximate surface area is 193 Å². The van der Waals surface area contributed by atoms with Crippen molar-refractivity contribution in [3.8, 4) is 11.5 Å². The third kappa shape index (κ3) is 4.42. The molecular formula is C25H21N3O4S. The lowest BCUT2D eigenvalue weighted by Crippen LogP contribution is -2.28. The molecule has 0 N–H and O–H groups in total. The van der Waals surface area contributed by atoms with E-state index in [0.717, 1.165) is 46.0 Å². The number of hydrogen-bond donors (Lipinski definition) is 0. The standard InChI is InChI=1S/C25H21N3O4S/c1-2-11-31-19-9-7-16(8-10-19)13-20-23(29)26-25-28(27-20)24(30)22(33-25)14-17-12-18-5-3-4-6-21(18)32-15-17/h3-10,12,14H,2,11,13,15H2,1H3/b22-14+. The van der Waals surface area contributed by atoms with Crippen molar-refractivity contribution in [1.29, 1.82) is 0 Å². The number of benzene rings is 2. The minimum atomic E-state index is -0.428. The van der Waals surface area contributed by atoms with Crippen molar-refractivity contribution in [3.05, 3.63) is 96.2 Å². The quantitative estimate of drug-likeness (QED) is 0.441. The fraction of sp³-hybridized carbons (Fsp3) is 0.200. The predicted molar refractivity (Wildman–Crippen MR) is 128 cm³/mol. The van der Waals surface area contributed by atoms with Gasteiger partial charge < -0.3 is 9.47 Å². The van der Waals surface area contributed by atoms with E-state index in [1.807, 2.05) is 61.5 Å². The van der Waals surface area contributed by atoms with Gasteiger partial charge in [-0.2, -0.15) is 14.6 Å². The highest BCUT2D eigenvalue weighted by atomic mass is 32.1. The molecule has 3 heterocycles. The molecule has 0 unspecified atom stereocenters. The van der Waals surface area contributed by atoms with E-state index in [0.29, 0.717) is 17.7 Å². The summed E-state index contributed by atoms with van der Waals surface area (Å²) in [5.41, 5.74) is 2.22. The molecule has 0 saturated carbocycles. The van der Waals surface area contributed by atoms with E-state index in [4.69, 9.17) is 9.47 Å². The van der Waals surface area contributed by atoms with Crippen LogP contribution >= 0.6 is 11.3 Å². The number of para-hydroxylation sites is 1. The Morgan fingerprint density at radius 2 is 1.97 bits per heavy atom. The van der Waals surface area contributed by atoms with Crippen molar-refractivity contribution in [2.45, 2.75) is 19.8 Å². The van der Waals surface area contributed by atoms with Crippen LogP contribution in [0.15, 0.2) is 63.7 Å². The van der Waals surface area contributed by atoms with Crippen LogP contribution in [-0.4, -0.2) is 27.8 Å². The summed E-state index contributed by atoms with van der Waals surface area (Å²) in [6.07, 6.45) is 4.99. The summed E-state index contributed by atoms with van der Waals surface area (Å²) in [4.78, 5) is 29.9. The van der Waals surface area contributed by atoms with Gasteiger partial charge in [0.15, 0.2) is 0 Å². The van der Waals surface area contributed by atoms with Crippen LogP contribution in [0, 0.1) is 0 Å². The molecule has 0 spiro atoms. The van der Waals surface area contributed by atoms with Gasteiger partial charge in [-0.15, -0.1) is 0 Å². The molecule has 5 rings (SSSR count). The number of ether oxygens (including phenoxy) is 2. The molecule has 0 bridgehead atoms. The van der Waals surface area contributed by atoms with Gasteiger partial charge in [0.1, 0.15) is 23.8 Å². The van der Waals surface area contributed by atoms with Gasteiger partial charge in [-0.25, -0.2) is 0 Å². The highest BCUT2D eigenvalue weighted by Gasteiger charge is 2.14. The van der Waals surface area contributed by atoms with Gasteiger partial charge in [0.2, 0.25) is 4.96 Å². The van der Waals surface area contributed by atoms with Gasteiger partial charge >= 0.3 is 0 Å². The number of aromatic nitrogens is 3. The highest BCUT2D eigenvalue weighted by molar-refractivity contribution is 7.15. The van der Waals surface area contributed by atoms with Crippen LogP contribution in [0.4, 0.5) is 0 Å². The molecule has 8 heteroatoms. The normalized spacial score (nSPS) is 13.5. The fourth-order valence-corrected chi connectivity index (χ4v) is 4.47. The topological polar surface area (TPSA) is 82.8 Å². The lowest BCUT2D eigenvalue weighted by Gasteiger charge is -2.15. The van der Waals surface area contributed by atoms with Crippen LogP contribution in [0.5, 0.6) is 11.5 Å². The zero-order valence-corrected chi connectivity index (χ0v) is 18.8. The molecule has 166 valence electrons. The van der Waals surface area contributed by atoms with Gasteiger partial charge in [0.25, 0.3) is 11.1 Å². The van der Waals surface area contributed by atoms with E-state index >= 15 is 0 Å². The maximum Gasteiger partial charge on any atom is 0.296 e. The molecule has 7 nitrogen and oxygen atoms in total. The number of thiazole rings is 1. The zero-order valence-electron chi connectivity index (χ0n) is 18.0. The van der Waals surface area contributed by atoms with Gasteiger partial charge in [0, 0.05) is 12.0 Å². The van der Waals surface area contributed by atoms with Gasteiger partial charge in [-0.3, -0.25) is 9.59 Å². The molecule has 0 saturated heterocycles. The molecule has 0 aliphatic carbocycles. The van der Waals surface area contributed by atoms with Crippen molar-refractivity contribution in [1.82, 2.24) is 14.6 Å². The summed E-state index contributed by atoms with van der Waals surface area (Å²) in [7, 11) is 0. The molecule has 0 atom stereocenters. The Kier molecular flexibility index (Phi) is 5.75. The Morgan fingerprint density at radius 1 is 1.15 bits per heavy atom. The van der Waals surface area contributed by atoms with Crippen LogP contribution in [0.2, 0.25) is 0 Å². The van der Waals surface area contributed by atoms with Crippen LogP contribution in [0.3, 0.4) is 0 Å². The van der Waals surface area contributed by atoms with Crippen molar-refractivity contribution in [3.63, 3.8) is 0 Å². The first-order chi connectivity index (χ1) is 16.1. The average molecular weight is 460 g/mol. The van der Waals surface area contributed by atoms with Crippen molar-refractivity contribution >= 4 is 28.4 Å². The number of hydrogen-bond acceptors (Lipinski definition) is 7. The summed E-state index contributed by atoms with van der Waals surface area (Å²) < 4.78 is 13.0. The second-order valence-corrected chi connectivity index (χ2v) is 8.70. The molecule has 0 fully saturated rings. The number of nitrogens with zero attached hydrogens (tertiary/aromatic N) is 3. The Morgan fingerprint density at radius 3 is 2.79 bits per heavy atom. The van der Waals surface area contributed by atoms with Crippen molar-refractivity contribution in [2.75, 3.05) is 13.2 Å². The third-order valence-electron chi connectivity index (χ3n) is 5.19. The van der Waals surface area contributed by atoms with Crippen LogP contribution in [0.25, 0.3) is 17.1 Å². The minimum absolute atomic E-state index is 0.227. The summed E-state index contributed by atoms with van der Waals surface area (Å²) in [5.74, 6) is 1.60. The van der Waals surface area contributed by atoms with Crippen molar-refractivity contribution in [2.24, 2.45) is 0 Å². The molecule has 1 aliphatic heterocycles. The Hall–Kier alpha value is -3.78. The summed E-state index contributed by atoms with van der Waals surface area (Å²) in [5, 5.41) is 4.33. The van der Waals surface area contributed by atoms with E-state index in [1.54, 1.807) is 6.08 Å². The van der Waals surface area contributed by atoms with Crippen molar-refractivity contribution < 1.29 is 9.47 Å². The summed E-state index contributed by atoms with van der Waals surface area (Å²) >= 11 is 1.15. The maximum absolute atomic E-state index is 13.0. The average Bonchev–Trinajstić information content (AvgIpc) is 3.12. The predicted octanol–water partition coefficient (Wildman–Crippen LogP) is 2.87. The molecule has 4 aromatic rings. The molecule has 33 heavy (non-hydrogen) atoms. The van der Waals surface area contributed by atoms with E-state index in [1.165, 1.54) is 4.52 Å². The first-order valence-electron chi connectivity index (χ1n) is 10.7. The lowest BCUT2D eigenvalue weighted by atomic mass is 10.1. The van der Waals surface area contributed by atoms with E-state index in [2.05, 4.69) is 10.1 Å². The molecule has 0 radical (unpaired) electrons. The van der Waals surface area contributed by atoms with Gasteiger partial charge in [-0.1, -0.05) is 48.6 Å². The zero-order chi connectivity index (χ0) is 22.8. The Balaban J connectivity index is 1.46. The first kappa shape index (κ1) is 21.1. The summed E-state index contributed by atoms with van der Waals surface area (Å²) in [6.45, 7) is 3.07. The molecular weight excluding hydrogens is 438 g/mol. The molecule has 0 amide bonds. The van der Waals surface area contributed by atoms with Crippen LogP contribution < -0.4 is 25.1 Å². The molecule has 2 aromatic heterocycles. The third-order valence-corrected chi connectivity index (χ3v) is 6.15. The van der Waals surface area contributed by atoms with E-state index in [9.17, 15) is 9.59 Å². The SMILES string of the molecule is CCCOc1ccc(Cc2nn3c(=O)/c(=C\C4=Cc5ccccc5OC4)sc3nc2=O)cc1. The Bertz CT molecular complexity index is 1520. The highest BCUT2D eigenvalue weighted by Crippen LogP contribution is 2.26. The molecule has 1 aliphatic rings. The second kappa shape index (κ2) is 8.99. The second-order valence-electron chi connectivity index (χ2n) is 7.69. The maximum atomic E-state index is 13.0. The van der Waals surface area contributed by atoms with Gasteiger partial charge in [-0.05, 0) is 47.9 Å². The van der Waals surface area contributed by atoms with Gasteiger partial charge in [0.05, 0.1) is 11.1 Å². The monoisotopic (exact) mass is 459 g/mol. The fourth-order valence-electron chi connectivity index (χ4n) is 3.55. The number of rotatable bonds is 6. The van der Waals surface area contributed by atoms with E-state index < -0.39 is 5.56 Å². The lowest BCUT2D eigenvalue weighted by molar-refractivity contribution is 0.317. The minimum Gasteiger partial charge on any atom is -0.494 e. The number of fused-ring (bicyclic) bond motifs is 2. The van der Waals surface area contributed by atoms with Crippen LogP contribution in [0.1, 0.15) is 30.2 Å². The molecule has 2 aromatic carbocycles. The smallest absolute Gasteiger partial charge is 0.296 e. The summed E-state index contributed by atoms with van der Waals surface area (Å²) in [6, 6.07) is 15.2.